The molecule has 0 unspecified atom stereocenters. The summed E-state index contributed by atoms with van der Waals surface area (Å²) < 4.78 is 6.51. The van der Waals surface area contributed by atoms with Crippen molar-refractivity contribution in [1.82, 2.24) is 9.78 Å². The lowest BCUT2D eigenvalue weighted by Crippen LogP contribution is -2.31. The molecule has 1 amide bonds. The largest absolute Gasteiger partial charge is 0.377 e. The molecule has 0 atom stereocenters. The van der Waals surface area contributed by atoms with Gasteiger partial charge in [0.15, 0.2) is 0 Å². The first-order valence-electron chi connectivity index (χ1n) is 7.46. The molecular formula is C17H21N3O3. The Labute approximate surface area is 135 Å². The van der Waals surface area contributed by atoms with E-state index in [1.165, 1.54) is 11.7 Å². The van der Waals surface area contributed by atoms with E-state index < -0.39 is 11.5 Å². The summed E-state index contributed by atoms with van der Waals surface area (Å²) in [5.74, 6) is -0.425. The molecule has 0 fully saturated rings. The Morgan fingerprint density at radius 2 is 1.91 bits per heavy atom. The van der Waals surface area contributed by atoms with Crippen LogP contribution in [0.2, 0.25) is 0 Å². The van der Waals surface area contributed by atoms with Crippen LogP contribution in [0, 0.1) is 13.8 Å². The van der Waals surface area contributed by atoms with E-state index in [0.717, 1.165) is 5.56 Å². The van der Waals surface area contributed by atoms with Crippen molar-refractivity contribution >= 4 is 11.6 Å². The molecule has 0 aliphatic rings. The summed E-state index contributed by atoms with van der Waals surface area (Å²) in [6.45, 7) is 6.63. The number of rotatable bonds is 5. The van der Waals surface area contributed by atoms with E-state index in [2.05, 4.69) is 10.4 Å². The van der Waals surface area contributed by atoms with E-state index >= 15 is 0 Å². The molecule has 0 saturated carbocycles. The van der Waals surface area contributed by atoms with Gasteiger partial charge in [0.05, 0.1) is 12.3 Å². The highest BCUT2D eigenvalue weighted by atomic mass is 16.5. The molecule has 1 heterocycles. The van der Waals surface area contributed by atoms with Crippen molar-refractivity contribution in [2.45, 2.75) is 27.4 Å². The first-order valence-corrected chi connectivity index (χ1v) is 7.46. The molecule has 0 saturated heterocycles. The van der Waals surface area contributed by atoms with Gasteiger partial charge in [-0.25, -0.2) is 4.68 Å². The quantitative estimate of drug-likeness (QED) is 0.918. The van der Waals surface area contributed by atoms with Gasteiger partial charge in [-0.3, -0.25) is 9.59 Å². The van der Waals surface area contributed by atoms with Crippen molar-refractivity contribution in [3.63, 3.8) is 0 Å². The summed E-state index contributed by atoms with van der Waals surface area (Å²) in [6.07, 6.45) is 0. The van der Waals surface area contributed by atoms with E-state index in [1.54, 1.807) is 26.0 Å². The van der Waals surface area contributed by atoms with Gasteiger partial charge in [-0.05, 0) is 44.0 Å². The SMILES string of the molecule is CCOCc1ccc(NC(=O)c2c(C)c(C)nn(C)c2=O)cc1. The highest BCUT2D eigenvalue weighted by molar-refractivity contribution is 6.05. The maximum absolute atomic E-state index is 12.4. The zero-order chi connectivity index (χ0) is 17.0. The number of nitrogens with one attached hydrogen (secondary N) is 1. The van der Waals surface area contributed by atoms with E-state index in [0.29, 0.717) is 30.2 Å². The highest BCUT2D eigenvalue weighted by Crippen LogP contribution is 2.13. The zero-order valence-corrected chi connectivity index (χ0v) is 13.8. The van der Waals surface area contributed by atoms with E-state index in [-0.39, 0.29) is 5.56 Å². The normalized spacial score (nSPS) is 10.6. The minimum absolute atomic E-state index is 0.124. The first kappa shape index (κ1) is 16.9. The standard InChI is InChI=1S/C17H21N3O3/c1-5-23-10-13-6-8-14(9-7-13)18-16(21)15-11(2)12(3)19-20(4)17(15)22/h6-9H,5,10H2,1-4H3,(H,18,21). The number of benzene rings is 1. The van der Waals surface area contributed by atoms with E-state index in [9.17, 15) is 9.59 Å². The van der Waals surface area contributed by atoms with Crippen molar-refractivity contribution < 1.29 is 9.53 Å². The average molecular weight is 315 g/mol. The van der Waals surface area contributed by atoms with Gasteiger partial charge in [-0.15, -0.1) is 0 Å². The lowest BCUT2D eigenvalue weighted by molar-refractivity contribution is 0.102. The molecule has 2 aromatic rings. The molecule has 1 aromatic heterocycles. The molecule has 122 valence electrons. The molecule has 6 nitrogen and oxygen atoms in total. The molecule has 6 heteroatoms. The zero-order valence-electron chi connectivity index (χ0n) is 13.8. The number of hydrogen-bond donors (Lipinski definition) is 1. The fourth-order valence-electron chi connectivity index (χ4n) is 2.21. The summed E-state index contributed by atoms with van der Waals surface area (Å²) in [4.78, 5) is 24.6. The van der Waals surface area contributed by atoms with Gasteiger partial charge < -0.3 is 10.1 Å². The second-order valence-electron chi connectivity index (χ2n) is 5.30. The average Bonchev–Trinajstić information content (AvgIpc) is 2.52. The second-order valence-corrected chi connectivity index (χ2v) is 5.30. The molecule has 2 rings (SSSR count). The molecular weight excluding hydrogens is 294 g/mol. The number of aryl methyl sites for hydroxylation is 2. The van der Waals surface area contributed by atoms with Crippen LogP contribution in [0.4, 0.5) is 5.69 Å². The van der Waals surface area contributed by atoms with Gasteiger partial charge in [0.2, 0.25) is 0 Å². The number of anilines is 1. The number of aromatic nitrogens is 2. The Morgan fingerprint density at radius 3 is 2.52 bits per heavy atom. The smallest absolute Gasteiger partial charge is 0.279 e. The number of ether oxygens (including phenoxy) is 1. The fourth-order valence-corrected chi connectivity index (χ4v) is 2.21. The molecule has 1 aromatic carbocycles. The monoisotopic (exact) mass is 315 g/mol. The van der Waals surface area contributed by atoms with E-state index in [4.69, 9.17) is 4.74 Å². The molecule has 0 bridgehead atoms. The topological polar surface area (TPSA) is 73.2 Å². The number of amides is 1. The lowest BCUT2D eigenvalue weighted by Gasteiger charge is -2.10. The van der Waals surface area contributed by atoms with Crippen LogP contribution in [-0.2, 0) is 18.4 Å². The molecule has 0 radical (unpaired) electrons. The summed E-state index contributed by atoms with van der Waals surface area (Å²) in [7, 11) is 1.54. The maximum atomic E-state index is 12.4. The minimum Gasteiger partial charge on any atom is -0.377 e. The fraction of sp³-hybridized carbons (Fsp3) is 0.353. The Kier molecular flexibility index (Phi) is 5.28. The second kappa shape index (κ2) is 7.19. The summed E-state index contributed by atoms with van der Waals surface area (Å²) in [5.41, 5.74) is 2.63. The van der Waals surface area contributed by atoms with Crippen molar-refractivity contribution in [3.05, 3.63) is 57.0 Å². The van der Waals surface area contributed by atoms with Gasteiger partial charge in [-0.2, -0.15) is 5.10 Å². The van der Waals surface area contributed by atoms with Crippen molar-refractivity contribution in [1.29, 1.82) is 0 Å². The predicted molar refractivity (Wildman–Crippen MR) is 88.7 cm³/mol. The van der Waals surface area contributed by atoms with Crippen molar-refractivity contribution in [2.75, 3.05) is 11.9 Å². The maximum Gasteiger partial charge on any atom is 0.279 e. The van der Waals surface area contributed by atoms with Gasteiger partial charge in [0.1, 0.15) is 5.56 Å². The minimum atomic E-state index is -0.425. The van der Waals surface area contributed by atoms with Gasteiger partial charge >= 0.3 is 0 Å². The third-order valence-corrected chi connectivity index (χ3v) is 3.64. The highest BCUT2D eigenvalue weighted by Gasteiger charge is 2.17. The molecule has 23 heavy (non-hydrogen) atoms. The van der Waals surface area contributed by atoms with Crippen LogP contribution in [0.5, 0.6) is 0 Å². The first-order chi connectivity index (χ1) is 10.9. The van der Waals surface area contributed by atoms with Crippen LogP contribution in [-0.4, -0.2) is 22.3 Å². The van der Waals surface area contributed by atoms with Crippen molar-refractivity contribution in [3.8, 4) is 0 Å². The van der Waals surface area contributed by atoms with Gasteiger partial charge in [0, 0.05) is 19.3 Å². The predicted octanol–water partition coefficient (Wildman–Crippen LogP) is 2.19. The molecule has 1 N–H and O–H groups in total. The Hall–Kier alpha value is -2.47. The van der Waals surface area contributed by atoms with Gasteiger partial charge in [0.25, 0.3) is 11.5 Å². The third-order valence-electron chi connectivity index (χ3n) is 3.64. The van der Waals surface area contributed by atoms with Crippen molar-refractivity contribution in [2.24, 2.45) is 7.05 Å². The summed E-state index contributed by atoms with van der Waals surface area (Å²) in [6, 6.07) is 7.35. The Balaban J connectivity index is 2.21. The number of carbonyl (C=O) groups excluding carboxylic acids is 1. The van der Waals surface area contributed by atoms with Crippen LogP contribution in [0.3, 0.4) is 0 Å². The molecule has 0 spiro atoms. The van der Waals surface area contributed by atoms with E-state index in [1.807, 2.05) is 19.1 Å². The third kappa shape index (κ3) is 3.84. The van der Waals surface area contributed by atoms with Crippen LogP contribution in [0.1, 0.15) is 34.1 Å². The number of carbonyl (C=O) groups is 1. The molecule has 0 aliphatic heterocycles. The number of hydrogen-bond acceptors (Lipinski definition) is 4. The Morgan fingerprint density at radius 1 is 1.26 bits per heavy atom. The summed E-state index contributed by atoms with van der Waals surface area (Å²) >= 11 is 0. The number of nitrogens with zero attached hydrogens (tertiary/aromatic N) is 2. The van der Waals surface area contributed by atoms with Crippen LogP contribution >= 0.6 is 0 Å². The lowest BCUT2D eigenvalue weighted by atomic mass is 10.1. The molecule has 0 aliphatic carbocycles. The van der Waals surface area contributed by atoms with Crippen LogP contribution in [0.25, 0.3) is 0 Å². The Bertz CT molecular complexity index is 764. The van der Waals surface area contributed by atoms with Crippen LogP contribution < -0.4 is 10.9 Å². The van der Waals surface area contributed by atoms with Crippen LogP contribution in [0.15, 0.2) is 29.1 Å². The summed E-state index contributed by atoms with van der Waals surface area (Å²) in [5, 5.41) is 6.83. The van der Waals surface area contributed by atoms with Gasteiger partial charge in [-0.1, -0.05) is 12.1 Å².